The number of ether oxygens (including phenoxy) is 1. The summed E-state index contributed by atoms with van der Waals surface area (Å²) in [5, 5.41) is 15.6. The summed E-state index contributed by atoms with van der Waals surface area (Å²) in [7, 11) is 3.01. The second kappa shape index (κ2) is 8.96. The average molecular weight is 445 g/mol. The lowest BCUT2D eigenvalue weighted by Crippen LogP contribution is -2.19. The number of para-hydroxylation sites is 1. The summed E-state index contributed by atoms with van der Waals surface area (Å²) in [6, 6.07) is 16.6. The molecule has 1 amide bonds. The lowest BCUT2D eigenvalue weighted by Gasteiger charge is -2.17. The van der Waals surface area contributed by atoms with E-state index >= 15 is 0 Å². The van der Waals surface area contributed by atoms with Crippen LogP contribution in [-0.2, 0) is 0 Å². The zero-order valence-corrected chi connectivity index (χ0v) is 17.8. The quantitative estimate of drug-likeness (QED) is 0.392. The molecule has 166 valence electrons. The number of carbonyl (C=O) groups excluding carboxylic acids is 1. The molecule has 4 aromatic rings. The number of carboxylic acids is 1. The maximum atomic E-state index is 14.4. The molecule has 3 N–H and O–H groups in total. The van der Waals surface area contributed by atoms with Crippen LogP contribution in [0.15, 0.2) is 66.9 Å². The molecule has 0 bridgehead atoms. The minimum absolute atomic E-state index is 0.322. The van der Waals surface area contributed by atoms with Crippen molar-refractivity contribution in [3.05, 3.63) is 83.8 Å². The first kappa shape index (κ1) is 21.8. The number of hydrogen-bond acceptors (Lipinski definition) is 5. The Hall–Kier alpha value is -4.46. The van der Waals surface area contributed by atoms with E-state index in [2.05, 4.69) is 15.6 Å². The molecular formula is C25H20FN3O4. The van der Waals surface area contributed by atoms with Crippen molar-refractivity contribution in [2.24, 2.45) is 0 Å². The molecule has 0 aliphatic rings. The summed E-state index contributed by atoms with van der Waals surface area (Å²) >= 11 is 0. The number of halogens is 1. The molecule has 0 saturated carbocycles. The van der Waals surface area contributed by atoms with E-state index in [1.807, 2.05) is 30.3 Å². The minimum Gasteiger partial charge on any atom is -0.496 e. The van der Waals surface area contributed by atoms with E-state index < -0.39 is 17.3 Å². The van der Waals surface area contributed by atoms with E-state index in [0.29, 0.717) is 39.0 Å². The number of aromatic nitrogens is 1. The topological polar surface area (TPSA) is 101 Å². The number of aromatic carboxylic acids is 1. The zero-order valence-electron chi connectivity index (χ0n) is 17.8. The highest BCUT2D eigenvalue weighted by atomic mass is 19.1. The highest BCUT2D eigenvalue weighted by molar-refractivity contribution is 6.09. The predicted molar refractivity (Wildman–Crippen MR) is 124 cm³/mol. The third-order valence-electron chi connectivity index (χ3n) is 5.21. The van der Waals surface area contributed by atoms with Crippen molar-refractivity contribution in [1.29, 1.82) is 0 Å². The Kier molecular flexibility index (Phi) is 5.91. The van der Waals surface area contributed by atoms with Gasteiger partial charge in [0.05, 0.1) is 29.4 Å². The Morgan fingerprint density at radius 2 is 1.79 bits per heavy atom. The van der Waals surface area contributed by atoms with E-state index in [4.69, 9.17) is 9.84 Å². The number of hydrogen-bond donors (Lipinski definition) is 3. The molecule has 33 heavy (non-hydrogen) atoms. The second-order valence-corrected chi connectivity index (χ2v) is 7.19. The van der Waals surface area contributed by atoms with E-state index in [0.717, 1.165) is 11.8 Å². The monoisotopic (exact) mass is 445 g/mol. The third kappa shape index (κ3) is 4.18. The molecule has 0 aliphatic carbocycles. The third-order valence-corrected chi connectivity index (χ3v) is 5.21. The summed E-state index contributed by atoms with van der Waals surface area (Å²) in [4.78, 5) is 28.2. The van der Waals surface area contributed by atoms with Gasteiger partial charge in [-0.2, -0.15) is 0 Å². The fraction of sp³-hybridized carbons (Fsp3) is 0.0800. The summed E-state index contributed by atoms with van der Waals surface area (Å²) < 4.78 is 19.9. The van der Waals surface area contributed by atoms with Crippen LogP contribution in [-0.4, -0.2) is 36.1 Å². The number of pyridine rings is 1. The van der Waals surface area contributed by atoms with Crippen molar-refractivity contribution in [2.75, 3.05) is 19.5 Å². The Bertz CT molecular complexity index is 1370. The predicted octanol–water partition coefficient (Wildman–Crippen LogP) is 4.85. The van der Waals surface area contributed by atoms with Crippen LogP contribution in [0.5, 0.6) is 5.75 Å². The van der Waals surface area contributed by atoms with Gasteiger partial charge in [-0.15, -0.1) is 0 Å². The first-order valence-electron chi connectivity index (χ1n) is 10.0. The van der Waals surface area contributed by atoms with Crippen LogP contribution < -0.4 is 15.4 Å². The van der Waals surface area contributed by atoms with Crippen LogP contribution in [0.1, 0.15) is 20.7 Å². The highest BCUT2D eigenvalue weighted by Crippen LogP contribution is 2.38. The van der Waals surface area contributed by atoms with Crippen LogP contribution in [0.3, 0.4) is 0 Å². The summed E-state index contributed by atoms with van der Waals surface area (Å²) in [5.74, 6) is -2.10. The first-order valence-corrected chi connectivity index (χ1v) is 10.0. The molecule has 8 heteroatoms. The number of rotatable bonds is 6. The van der Waals surface area contributed by atoms with Crippen molar-refractivity contribution in [3.8, 4) is 16.9 Å². The molecule has 0 saturated heterocycles. The van der Waals surface area contributed by atoms with Gasteiger partial charge in [-0.25, -0.2) is 9.18 Å². The summed E-state index contributed by atoms with van der Waals surface area (Å²) in [6.45, 7) is 0. The SMILES string of the molecule is CNC(=O)c1cnc2cc(OC)c(-c3ccc(C(=O)O)c(F)c3)cc2c1Nc1ccccc1. The smallest absolute Gasteiger partial charge is 0.338 e. The number of nitrogens with one attached hydrogen (secondary N) is 2. The van der Waals surface area contributed by atoms with Gasteiger partial charge in [-0.05, 0) is 35.9 Å². The molecule has 1 aromatic heterocycles. The van der Waals surface area contributed by atoms with E-state index in [1.54, 1.807) is 12.1 Å². The molecule has 0 unspecified atom stereocenters. The second-order valence-electron chi connectivity index (χ2n) is 7.19. The molecule has 3 aromatic carbocycles. The maximum Gasteiger partial charge on any atom is 0.338 e. The molecule has 0 radical (unpaired) electrons. The minimum atomic E-state index is -1.35. The summed E-state index contributed by atoms with van der Waals surface area (Å²) in [5.41, 5.74) is 2.71. The average Bonchev–Trinajstić information content (AvgIpc) is 2.83. The Morgan fingerprint density at radius 1 is 1.03 bits per heavy atom. The molecule has 7 nitrogen and oxygen atoms in total. The number of carbonyl (C=O) groups is 2. The van der Waals surface area contributed by atoms with Gasteiger partial charge < -0.3 is 20.5 Å². The number of anilines is 2. The van der Waals surface area contributed by atoms with Gasteiger partial charge in [0.15, 0.2) is 0 Å². The van der Waals surface area contributed by atoms with Gasteiger partial charge in [-0.3, -0.25) is 9.78 Å². The van der Waals surface area contributed by atoms with Crippen LogP contribution in [0.4, 0.5) is 15.8 Å². The van der Waals surface area contributed by atoms with Gasteiger partial charge in [0.25, 0.3) is 5.91 Å². The Morgan fingerprint density at radius 3 is 2.42 bits per heavy atom. The number of methoxy groups -OCH3 is 1. The van der Waals surface area contributed by atoms with E-state index in [1.165, 1.54) is 32.5 Å². The largest absolute Gasteiger partial charge is 0.496 e. The van der Waals surface area contributed by atoms with Gasteiger partial charge >= 0.3 is 5.97 Å². The molecule has 0 fully saturated rings. The van der Waals surface area contributed by atoms with Gasteiger partial charge in [-0.1, -0.05) is 24.3 Å². The van der Waals surface area contributed by atoms with Crippen LogP contribution in [0.25, 0.3) is 22.0 Å². The normalized spacial score (nSPS) is 10.6. The lowest BCUT2D eigenvalue weighted by atomic mass is 9.98. The van der Waals surface area contributed by atoms with Crippen LogP contribution >= 0.6 is 0 Å². The first-order chi connectivity index (χ1) is 15.9. The highest BCUT2D eigenvalue weighted by Gasteiger charge is 2.19. The molecule has 0 aliphatic heterocycles. The van der Waals surface area contributed by atoms with Crippen molar-refractivity contribution in [3.63, 3.8) is 0 Å². The number of carboxylic acid groups (broad SMARTS) is 1. The number of benzene rings is 3. The fourth-order valence-corrected chi connectivity index (χ4v) is 3.58. The standard InChI is InChI=1S/C25H20FN3O4/c1-27-24(30)19-13-28-21-12-22(33-2)17(14-8-9-16(25(31)32)20(26)10-14)11-18(21)23(19)29-15-6-4-3-5-7-15/h3-13H,1-2H3,(H,27,30)(H,28,29)(H,31,32). The maximum absolute atomic E-state index is 14.4. The van der Waals surface area contributed by atoms with Gasteiger partial charge in [0.1, 0.15) is 11.6 Å². The molecule has 0 spiro atoms. The van der Waals surface area contributed by atoms with Crippen LogP contribution in [0.2, 0.25) is 0 Å². The van der Waals surface area contributed by atoms with Crippen LogP contribution in [0, 0.1) is 5.82 Å². The molecule has 1 heterocycles. The van der Waals surface area contributed by atoms with Gasteiger partial charge in [0, 0.05) is 35.9 Å². The fourth-order valence-electron chi connectivity index (χ4n) is 3.58. The van der Waals surface area contributed by atoms with Crippen molar-refractivity contribution in [2.45, 2.75) is 0 Å². The summed E-state index contributed by atoms with van der Waals surface area (Å²) in [6.07, 6.45) is 1.48. The lowest BCUT2D eigenvalue weighted by molar-refractivity contribution is 0.0691. The molecule has 4 rings (SSSR count). The number of fused-ring (bicyclic) bond motifs is 1. The van der Waals surface area contributed by atoms with E-state index in [-0.39, 0.29) is 5.91 Å². The number of nitrogens with zero attached hydrogens (tertiary/aromatic N) is 1. The van der Waals surface area contributed by atoms with Crippen molar-refractivity contribution < 1.29 is 23.8 Å². The zero-order chi connectivity index (χ0) is 23.5. The van der Waals surface area contributed by atoms with Crippen molar-refractivity contribution in [1.82, 2.24) is 10.3 Å². The van der Waals surface area contributed by atoms with Crippen molar-refractivity contribution >= 4 is 34.2 Å². The Balaban J connectivity index is 1.97. The number of amides is 1. The molecular weight excluding hydrogens is 425 g/mol. The van der Waals surface area contributed by atoms with E-state index in [9.17, 15) is 14.0 Å². The molecule has 0 atom stereocenters. The van der Waals surface area contributed by atoms with Gasteiger partial charge in [0.2, 0.25) is 0 Å². The Labute approximate surface area is 188 Å².